The van der Waals surface area contributed by atoms with Gasteiger partial charge in [-0.2, -0.15) is 13.5 Å². The highest BCUT2D eigenvalue weighted by molar-refractivity contribution is 7.85. The number of hydrogen-bond acceptors (Lipinski definition) is 8. The van der Waals surface area contributed by atoms with Gasteiger partial charge in [-0.15, -0.1) is 0 Å². The Labute approximate surface area is 131 Å². The fraction of sp³-hybridized carbons (Fsp3) is 0.333. The molecular formula is C12H14N4O6S. The summed E-state index contributed by atoms with van der Waals surface area (Å²) in [5, 5.41) is 15.3. The van der Waals surface area contributed by atoms with E-state index in [2.05, 4.69) is 14.3 Å². The highest BCUT2D eigenvalue weighted by Crippen LogP contribution is 2.35. The summed E-state index contributed by atoms with van der Waals surface area (Å²) in [6, 6.07) is 2.68. The van der Waals surface area contributed by atoms with Crippen molar-refractivity contribution in [3.63, 3.8) is 0 Å². The Morgan fingerprint density at radius 1 is 1.39 bits per heavy atom. The lowest BCUT2D eigenvalue weighted by atomic mass is 10.1. The van der Waals surface area contributed by atoms with Crippen molar-refractivity contribution < 1.29 is 22.3 Å². The number of aromatic nitrogens is 3. The van der Waals surface area contributed by atoms with E-state index in [1.54, 1.807) is 6.92 Å². The molecule has 0 aliphatic rings. The molecule has 2 aromatic rings. The molecule has 1 aromatic carbocycles. The molecule has 0 saturated carbocycles. The molecule has 0 saturated heterocycles. The van der Waals surface area contributed by atoms with Crippen LogP contribution < -0.4 is 4.74 Å². The van der Waals surface area contributed by atoms with Gasteiger partial charge in [-0.05, 0) is 18.6 Å². The first-order valence-corrected chi connectivity index (χ1v) is 8.11. The number of nitrogens with zero attached hydrogens (tertiary/aromatic N) is 4. The molecular weight excluding hydrogens is 328 g/mol. The Morgan fingerprint density at radius 2 is 2.09 bits per heavy atom. The highest BCUT2D eigenvalue weighted by Gasteiger charge is 2.23. The van der Waals surface area contributed by atoms with Crippen molar-refractivity contribution in [1.29, 1.82) is 0 Å². The maximum Gasteiger partial charge on any atom is 0.313 e. The quantitative estimate of drug-likeness (QED) is 0.432. The number of methoxy groups -OCH3 is 1. The fourth-order valence-corrected chi connectivity index (χ4v) is 2.24. The number of hydrogen-bond donors (Lipinski definition) is 0. The Bertz CT molecular complexity index is 845. The zero-order valence-electron chi connectivity index (χ0n) is 12.6. The van der Waals surface area contributed by atoms with Crippen molar-refractivity contribution in [3.8, 4) is 11.4 Å². The SMILES string of the molecule is COc1c(-n2cnc(C)n2)cc(COS(C)(=O)=O)cc1[N+](=O)[O-]. The minimum atomic E-state index is -3.68. The van der Waals surface area contributed by atoms with Crippen molar-refractivity contribution in [2.75, 3.05) is 13.4 Å². The van der Waals surface area contributed by atoms with Gasteiger partial charge in [0.05, 0.1) is 24.9 Å². The summed E-state index contributed by atoms with van der Waals surface area (Å²) in [7, 11) is -2.39. The first-order valence-electron chi connectivity index (χ1n) is 6.29. The van der Waals surface area contributed by atoms with Gasteiger partial charge in [0, 0.05) is 6.07 Å². The molecule has 0 bridgehead atoms. The van der Waals surface area contributed by atoms with Crippen LogP contribution in [0, 0.1) is 17.0 Å². The normalized spacial score (nSPS) is 11.4. The van der Waals surface area contributed by atoms with E-state index in [0.29, 0.717) is 5.82 Å². The summed E-state index contributed by atoms with van der Waals surface area (Å²) in [5.41, 5.74) is 0.214. The average Bonchev–Trinajstić information content (AvgIpc) is 2.89. The molecule has 0 aliphatic heterocycles. The maximum absolute atomic E-state index is 11.2. The standard InChI is InChI=1S/C12H14N4O6S/c1-8-13-7-15(14-8)10-4-9(6-22-23(3,19)20)5-11(16(17)18)12(10)21-2/h4-5,7H,6H2,1-3H3. The van der Waals surface area contributed by atoms with Crippen LogP contribution in [0.25, 0.3) is 5.69 Å². The number of benzene rings is 1. The zero-order valence-corrected chi connectivity index (χ0v) is 13.4. The highest BCUT2D eigenvalue weighted by atomic mass is 32.2. The molecule has 11 heteroatoms. The Kier molecular flexibility index (Phi) is 4.61. The van der Waals surface area contributed by atoms with Crippen LogP contribution in [0.4, 0.5) is 5.69 Å². The van der Waals surface area contributed by atoms with Gasteiger partial charge in [0.15, 0.2) is 0 Å². The second-order valence-electron chi connectivity index (χ2n) is 4.63. The molecule has 0 N–H and O–H groups in total. The largest absolute Gasteiger partial charge is 0.489 e. The smallest absolute Gasteiger partial charge is 0.313 e. The summed E-state index contributed by atoms with van der Waals surface area (Å²) < 4.78 is 33.3. The predicted molar refractivity (Wildman–Crippen MR) is 78.9 cm³/mol. The molecule has 0 unspecified atom stereocenters. The van der Waals surface area contributed by atoms with Crippen molar-refractivity contribution in [2.45, 2.75) is 13.5 Å². The van der Waals surface area contributed by atoms with E-state index in [4.69, 9.17) is 4.74 Å². The summed E-state index contributed by atoms with van der Waals surface area (Å²) in [6.07, 6.45) is 2.27. The number of nitro benzene ring substituents is 1. The minimum absolute atomic E-state index is 0.0111. The molecule has 0 spiro atoms. The van der Waals surface area contributed by atoms with Gasteiger partial charge < -0.3 is 4.74 Å². The Balaban J connectivity index is 2.58. The van der Waals surface area contributed by atoms with Crippen LogP contribution in [-0.2, 0) is 20.9 Å². The van der Waals surface area contributed by atoms with Crippen LogP contribution in [0.2, 0.25) is 0 Å². The zero-order chi connectivity index (χ0) is 17.2. The van der Waals surface area contributed by atoms with E-state index in [-0.39, 0.29) is 29.3 Å². The van der Waals surface area contributed by atoms with Crippen molar-refractivity contribution in [2.24, 2.45) is 0 Å². The first kappa shape index (κ1) is 16.8. The van der Waals surface area contributed by atoms with Gasteiger partial charge in [0.1, 0.15) is 17.8 Å². The van der Waals surface area contributed by atoms with E-state index in [0.717, 1.165) is 6.26 Å². The second-order valence-corrected chi connectivity index (χ2v) is 6.27. The lowest BCUT2D eigenvalue weighted by Crippen LogP contribution is -2.07. The van der Waals surface area contributed by atoms with E-state index in [9.17, 15) is 18.5 Å². The van der Waals surface area contributed by atoms with E-state index in [1.165, 1.54) is 30.3 Å². The van der Waals surface area contributed by atoms with Gasteiger partial charge in [0.2, 0.25) is 5.75 Å². The third-order valence-corrected chi connectivity index (χ3v) is 3.35. The predicted octanol–water partition coefficient (Wildman–Crippen LogP) is 0.969. The lowest BCUT2D eigenvalue weighted by Gasteiger charge is -2.11. The van der Waals surface area contributed by atoms with Crippen LogP contribution in [-0.4, -0.2) is 41.5 Å². The van der Waals surface area contributed by atoms with Crippen LogP contribution in [0.1, 0.15) is 11.4 Å². The van der Waals surface area contributed by atoms with E-state index in [1.807, 2.05) is 0 Å². The van der Waals surface area contributed by atoms with Crippen LogP contribution in [0.3, 0.4) is 0 Å². The third-order valence-electron chi connectivity index (χ3n) is 2.80. The molecule has 0 fully saturated rings. The fourth-order valence-electron chi connectivity index (χ4n) is 1.89. The number of aryl methyl sites for hydroxylation is 1. The molecule has 0 radical (unpaired) electrons. The van der Waals surface area contributed by atoms with Gasteiger partial charge in [-0.1, -0.05) is 0 Å². The Hall–Kier alpha value is -2.53. The molecule has 1 aromatic heterocycles. The van der Waals surface area contributed by atoms with E-state index < -0.39 is 15.0 Å². The lowest BCUT2D eigenvalue weighted by molar-refractivity contribution is -0.385. The molecule has 0 amide bonds. The summed E-state index contributed by atoms with van der Waals surface area (Å²) in [6.45, 7) is 1.32. The molecule has 0 aliphatic carbocycles. The van der Waals surface area contributed by atoms with Gasteiger partial charge in [0.25, 0.3) is 10.1 Å². The van der Waals surface area contributed by atoms with Crippen molar-refractivity contribution >= 4 is 15.8 Å². The average molecular weight is 342 g/mol. The van der Waals surface area contributed by atoms with Gasteiger partial charge in [-0.25, -0.2) is 9.67 Å². The minimum Gasteiger partial charge on any atom is -0.489 e. The Morgan fingerprint density at radius 3 is 2.57 bits per heavy atom. The molecule has 0 atom stereocenters. The van der Waals surface area contributed by atoms with E-state index >= 15 is 0 Å². The van der Waals surface area contributed by atoms with Crippen LogP contribution in [0.15, 0.2) is 18.5 Å². The van der Waals surface area contributed by atoms with Crippen molar-refractivity contribution in [1.82, 2.24) is 14.8 Å². The van der Waals surface area contributed by atoms with Crippen molar-refractivity contribution in [3.05, 3.63) is 40.0 Å². The molecule has 23 heavy (non-hydrogen) atoms. The topological polar surface area (TPSA) is 126 Å². The first-order chi connectivity index (χ1) is 10.7. The number of rotatable bonds is 6. The summed E-state index contributed by atoms with van der Waals surface area (Å²) >= 11 is 0. The number of ether oxygens (including phenoxy) is 1. The maximum atomic E-state index is 11.2. The molecule has 10 nitrogen and oxygen atoms in total. The second kappa shape index (κ2) is 6.30. The summed E-state index contributed by atoms with van der Waals surface area (Å²) in [4.78, 5) is 14.6. The summed E-state index contributed by atoms with van der Waals surface area (Å²) in [5.74, 6) is 0.454. The van der Waals surface area contributed by atoms with Gasteiger partial charge in [-0.3, -0.25) is 14.3 Å². The third kappa shape index (κ3) is 4.02. The molecule has 2 rings (SSSR count). The molecule has 1 heterocycles. The van der Waals surface area contributed by atoms with Crippen LogP contribution in [0.5, 0.6) is 5.75 Å². The molecule has 124 valence electrons. The number of nitro groups is 1. The van der Waals surface area contributed by atoms with Crippen LogP contribution >= 0.6 is 0 Å². The monoisotopic (exact) mass is 342 g/mol. The van der Waals surface area contributed by atoms with Gasteiger partial charge >= 0.3 is 5.69 Å².